The van der Waals surface area contributed by atoms with Crippen molar-refractivity contribution in [1.82, 2.24) is 0 Å². The van der Waals surface area contributed by atoms with E-state index in [1.165, 1.54) is 0 Å². The van der Waals surface area contributed by atoms with Crippen LogP contribution in [0.2, 0.25) is 0 Å². The average Bonchev–Trinajstić information content (AvgIpc) is 2.33. The highest BCUT2D eigenvalue weighted by molar-refractivity contribution is 9.10. The van der Waals surface area contributed by atoms with Gasteiger partial charge in [-0.15, -0.1) is 0 Å². The van der Waals surface area contributed by atoms with Gasteiger partial charge in [-0.2, -0.15) is 0 Å². The number of rotatable bonds is 3. The van der Waals surface area contributed by atoms with Crippen LogP contribution < -0.4 is 11.1 Å². The third kappa shape index (κ3) is 3.86. The minimum atomic E-state index is -0.602. The Morgan fingerprint density at radius 3 is 2.47 bits per heavy atom. The van der Waals surface area contributed by atoms with E-state index in [4.69, 9.17) is 5.73 Å². The third-order valence-corrected chi connectivity index (χ3v) is 4.65. The number of hydrogen-bond acceptors (Lipinski definition) is 3. The fourth-order valence-electron chi connectivity index (χ4n) is 2.52. The Balaban J connectivity index is 1.95. The van der Waals surface area contributed by atoms with Crippen LogP contribution in [-0.4, -0.2) is 17.3 Å². The Bertz CT molecular complexity index is 449. The summed E-state index contributed by atoms with van der Waals surface area (Å²) < 4.78 is 0.966. The number of anilines is 2. The molecule has 3 nitrogen and oxygen atoms in total. The van der Waals surface area contributed by atoms with Gasteiger partial charge in [0.2, 0.25) is 0 Å². The van der Waals surface area contributed by atoms with Gasteiger partial charge < -0.3 is 16.2 Å². The molecule has 1 aliphatic carbocycles. The molecular weight excluding hydrogens is 304 g/mol. The van der Waals surface area contributed by atoms with Crippen molar-refractivity contribution in [1.29, 1.82) is 0 Å². The Labute approximate surface area is 123 Å². The standard InChI is InChI=1S/C15H23BrN2O/c1-14(2)5-7-15(19,8-6-14)10-18-13-4-3-11(16)9-12(13)17/h3-4,9,18-19H,5-8,10,17H2,1-2H3. The van der Waals surface area contributed by atoms with E-state index in [9.17, 15) is 5.11 Å². The van der Waals surface area contributed by atoms with Gasteiger partial charge in [-0.05, 0) is 49.3 Å². The van der Waals surface area contributed by atoms with Crippen LogP contribution in [0.4, 0.5) is 11.4 Å². The summed E-state index contributed by atoms with van der Waals surface area (Å²) >= 11 is 3.39. The summed E-state index contributed by atoms with van der Waals surface area (Å²) in [5.74, 6) is 0. The molecule has 4 heteroatoms. The highest BCUT2D eigenvalue weighted by Crippen LogP contribution is 2.40. The number of hydrogen-bond donors (Lipinski definition) is 3. The van der Waals surface area contributed by atoms with Gasteiger partial charge in [-0.1, -0.05) is 29.8 Å². The Kier molecular flexibility index (Phi) is 4.11. The first-order chi connectivity index (χ1) is 8.80. The summed E-state index contributed by atoms with van der Waals surface area (Å²) in [6, 6.07) is 5.76. The number of aliphatic hydroxyl groups is 1. The SMILES string of the molecule is CC1(C)CCC(O)(CNc2ccc(Br)cc2N)CC1. The smallest absolute Gasteiger partial charge is 0.0819 e. The molecule has 0 radical (unpaired) electrons. The van der Waals surface area contributed by atoms with Crippen molar-refractivity contribution in [3.05, 3.63) is 22.7 Å². The first-order valence-electron chi connectivity index (χ1n) is 6.81. The second-order valence-corrected chi connectivity index (χ2v) is 7.39. The van der Waals surface area contributed by atoms with Gasteiger partial charge in [-0.3, -0.25) is 0 Å². The maximum Gasteiger partial charge on any atom is 0.0819 e. The molecule has 1 saturated carbocycles. The van der Waals surface area contributed by atoms with E-state index in [0.29, 0.717) is 17.6 Å². The van der Waals surface area contributed by atoms with Gasteiger partial charge in [-0.25, -0.2) is 0 Å². The molecule has 106 valence electrons. The lowest BCUT2D eigenvalue weighted by molar-refractivity contribution is -0.0145. The second-order valence-electron chi connectivity index (χ2n) is 6.47. The van der Waals surface area contributed by atoms with Crippen LogP contribution in [0.3, 0.4) is 0 Å². The van der Waals surface area contributed by atoms with Crippen LogP contribution in [0.1, 0.15) is 39.5 Å². The fourth-order valence-corrected chi connectivity index (χ4v) is 2.90. The Morgan fingerprint density at radius 1 is 1.26 bits per heavy atom. The van der Waals surface area contributed by atoms with E-state index in [2.05, 4.69) is 35.1 Å². The van der Waals surface area contributed by atoms with Gasteiger partial charge in [0.25, 0.3) is 0 Å². The minimum Gasteiger partial charge on any atom is -0.397 e. The summed E-state index contributed by atoms with van der Waals surface area (Å²) in [6.45, 7) is 5.11. The maximum absolute atomic E-state index is 10.6. The van der Waals surface area contributed by atoms with Crippen molar-refractivity contribution >= 4 is 27.3 Å². The van der Waals surface area contributed by atoms with Gasteiger partial charge in [0.15, 0.2) is 0 Å². The Hall–Kier alpha value is -0.740. The fraction of sp³-hybridized carbons (Fsp3) is 0.600. The zero-order valence-electron chi connectivity index (χ0n) is 11.7. The van der Waals surface area contributed by atoms with Crippen molar-refractivity contribution < 1.29 is 5.11 Å². The molecule has 0 saturated heterocycles. The first kappa shape index (κ1) is 14.7. The van der Waals surface area contributed by atoms with Crippen LogP contribution in [-0.2, 0) is 0 Å². The molecule has 4 N–H and O–H groups in total. The van der Waals surface area contributed by atoms with E-state index >= 15 is 0 Å². The Morgan fingerprint density at radius 2 is 1.89 bits per heavy atom. The minimum absolute atomic E-state index is 0.364. The molecule has 1 fully saturated rings. The monoisotopic (exact) mass is 326 g/mol. The first-order valence-corrected chi connectivity index (χ1v) is 7.60. The molecule has 0 unspecified atom stereocenters. The molecule has 19 heavy (non-hydrogen) atoms. The molecule has 1 aromatic rings. The topological polar surface area (TPSA) is 58.3 Å². The summed E-state index contributed by atoms with van der Waals surface area (Å²) in [5, 5.41) is 13.9. The average molecular weight is 327 g/mol. The molecule has 0 bridgehead atoms. The highest BCUT2D eigenvalue weighted by atomic mass is 79.9. The number of halogens is 1. The molecule has 0 spiro atoms. The van der Waals surface area contributed by atoms with E-state index in [0.717, 1.165) is 35.8 Å². The summed E-state index contributed by atoms with van der Waals surface area (Å²) in [7, 11) is 0. The quantitative estimate of drug-likeness (QED) is 0.741. The molecular formula is C15H23BrN2O. The number of nitrogens with one attached hydrogen (secondary N) is 1. The maximum atomic E-state index is 10.6. The van der Waals surface area contributed by atoms with Crippen LogP contribution >= 0.6 is 15.9 Å². The predicted octanol–water partition coefficient (Wildman–Crippen LogP) is 3.77. The van der Waals surface area contributed by atoms with E-state index < -0.39 is 5.60 Å². The van der Waals surface area contributed by atoms with E-state index in [1.54, 1.807) is 0 Å². The summed E-state index contributed by atoms with van der Waals surface area (Å²) in [6.07, 6.45) is 3.84. The highest BCUT2D eigenvalue weighted by Gasteiger charge is 2.36. The second kappa shape index (κ2) is 5.33. The molecule has 0 aliphatic heterocycles. The zero-order valence-corrected chi connectivity index (χ0v) is 13.3. The van der Waals surface area contributed by atoms with Crippen LogP contribution in [0, 0.1) is 5.41 Å². The molecule has 0 atom stereocenters. The van der Waals surface area contributed by atoms with Crippen LogP contribution in [0.5, 0.6) is 0 Å². The van der Waals surface area contributed by atoms with E-state index in [1.807, 2.05) is 18.2 Å². The molecule has 1 aromatic carbocycles. The van der Waals surface area contributed by atoms with Gasteiger partial charge in [0, 0.05) is 11.0 Å². The molecule has 0 aromatic heterocycles. The number of nitrogens with two attached hydrogens (primary N) is 1. The summed E-state index contributed by atoms with van der Waals surface area (Å²) in [4.78, 5) is 0. The third-order valence-electron chi connectivity index (χ3n) is 4.16. The normalized spacial score (nSPS) is 21.1. The van der Waals surface area contributed by atoms with Gasteiger partial charge >= 0.3 is 0 Å². The summed E-state index contributed by atoms with van der Waals surface area (Å²) in [5.41, 5.74) is 7.30. The molecule has 0 amide bonds. The lowest BCUT2D eigenvalue weighted by Crippen LogP contribution is -2.42. The lowest BCUT2D eigenvalue weighted by Gasteiger charge is -2.40. The van der Waals surface area contributed by atoms with Crippen molar-refractivity contribution in [3.63, 3.8) is 0 Å². The van der Waals surface area contributed by atoms with Crippen molar-refractivity contribution in [2.75, 3.05) is 17.6 Å². The van der Waals surface area contributed by atoms with Crippen LogP contribution in [0.15, 0.2) is 22.7 Å². The van der Waals surface area contributed by atoms with Crippen molar-refractivity contribution in [2.24, 2.45) is 5.41 Å². The van der Waals surface area contributed by atoms with Crippen molar-refractivity contribution in [3.8, 4) is 0 Å². The number of benzene rings is 1. The lowest BCUT2D eigenvalue weighted by atomic mass is 9.71. The van der Waals surface area contributed by atoms with Crippen LogP contribution in [0.25, 0.3) is 0 Å². The molecule has 2 rings (SSSR count). The van der Waals surface area contributed by atoms with Gasteiger partial charge in [0.1, 0.15) is 0 Å². The van der Waals surface area contributed by atoms with E-state index in [-0.39, 0.29) is 0 Å². The molecule has 1 aliphatic rings. The predicted molar refractivity (Wildman–Crippen MR) is 84.2 cm³/mol. The largest absolute Gasteiger partial charge is 0.397 e. The van der Waals surface area contributed by atoms with Crippen molar-refractivity contribution in [2.45, 2.75) is 45.1 Å². The zero-order chi connectivity index (χ0) is 14.1. The number of nitrogen functional groups attached to an aromatic ring is 1. The molecule has 0 heterocycles. The van der Waals surface area contributed by atoms with Gasteiger partial charge in [0.05, 0.1) is 17.0 Å².